The van der Waals surface area contributed by atoms with Crippen LogP contribution in [0.1, 0.15) is 32.6 Å². The van der Waals surface area contributed by atoms with Gasteiger partial charge in [-0.15, -0.1) is 0 Å². The van der Waals surface area contributed by atoms with Crippen molar-refractivity contribution in [2.75, 3.05) is 30.8 Å². The van der Waals surface area contributed by atoms with Crippen LogP contribution in [-0.4, -0.2) is 37.0 Å². The lowest BCUT2D eigenvalue weighted by Gasteiger charge is -2.35. The number of piperidine rings is 1. The molecule has 110 valence electrons. The van der Waals surface area contributed by atoms with Crippen molar-refractivity contribution in [3.05, 3.63) is 24.3 Å². The van der Waals surface area contributed by atoms with Gasteiger partial charge in [0.2, 0.25) is 5.91 Å². The van der Waals surface area contributed by atoms with E-state index in [9.17, 15) is 4.79 Å². The van der Waals surface area contributed by atoms with Gasteiger partial charge in [-0.2, -0.15) is 0 Å². The molecule has 1 amide bonds. The lowest BCUT2D eigenvalue weighted by molar-refractivity contribution is -0.120. The summed E-state index contributed by atoms with van der Waals surface area (Å²) in [6.45, 7) is 3.76. The number of amides is 1. The average molecular weight is 275 g/mol. The second-order valence-electron chi connectivity index (χ2n) is 5.57. The molecular weight excluding hydrogens is 250 g/mol. The normalized spacial score (nSPS) is 19.8. The van der Waals surface area contributed by atoms with Crippen LogP contribution in [0.5, 0.6) is 0 Å². The molecule has 0 radical (unpaired) electrons. The van der Waals surface area contributed by atoms with E-state index in [-0.39, 0.29) is 5.91 Å². The van der Waals surface area contributed by atoms with Crippen molar-refractivity contribution in [3.63, 3.8) is 0 Å². The van der Waals surface area contributed by atoms with E-state index in [0.29, 0.717) is 12.6 Å². The summed E-state index contributed by atoms with van der Waals surface area (Å²) in [7, 11) is 1.83. The van der Waals surface area contributed by atoms with Crippen LogP contribution in [0, 0.1) is 0 Å². The molecule has 0 spiro atoms. The summed E-state index contributed by atoms with van der Waals surface area (Å²) in [5.41, 5.74) is 7.29. The molecule has 1 saturated heterocycles. The van der Waals surface area contributed by atoms with E-state index in [1.165, 1.54) is 19.3 Å². The molecule has 1 fully saturated rings. The largest absolute Gasteiger partial charge is 0.399 e. The minimum atomic E-state index is 0.148. The number of anilines is 2. The van der Waals surface area contributed by atoms with Gasteiger partial charge in [-0.1, -0.05) is 13.3 Å². The van der Waals surface area contributed by atoms with E-state index in [1.807, 2.05) is 31.3 Å². The number of rotatable bonds is 4. The van der Waals surface area contributed by atoms with Crippen LogP contribution in [-0.2, 0) is 4.79 Å². The monoisotopic (exact) mass is 275 g/mol. The third-order valence-corrected chi connectivity index (χ3v) is 4.21. The molecule has 0 bridgehead atoms. The molecule has 0 aromatic heterocycles. The van der Waals surface area contributed by atoms with E-state index in [0.717, 1.165) is 24.3 Å². The van der Waals surface area contributed by atoms with Crippen LogP contribution in [0.3, 0.4) is 0 Å². The molecule has 2 N–H and O–H groups in total. The van der Waals surface area contributed by atoms with Gasteiger partial charge in [-0.05, 0) is 50.1 Å². The molecule has 4 heteroatoms. The highest BCUT2D eigenvalue weighted by Crippen LogP contribution is 2.20. The Balaban J connectivity index is 1.98. The zero-order valence-electron chi connectivity index (χ0n) is 12.5. The smallest absolute Gasteiger partial charge is 0.240 e. The van der Waals surface area contributed by atoms with E-state index in [2.05, 4.69) is 11.8 Å². The van der Waals surface area contributed by atoms with Gasteiger partial charge in [0.1, 0.15) is 0 Å². The molecule has 2 rings (SSSR count). The maximum Gasteiger partial charge on any atom is 0.240 e. The molecule has 1 aliphatic heterocycles. The second kappa shape index (κ2) is 6.75. The molecular formula is C16H25N3O. The number of likely N-dealkylation sites (tertiary alicyclic amines) is 1. The Morgan fingerprint density at radius 1 is 1.35 bits per heavy atom. The molecule has 1 heterocycles. The molecule has 0 aliphatic carbocycles. The maximum atomic E-state index is 12.4. The second-order valence-corrected chi connectivity index (χ2v) is 5.57. The van der Waals surface area contributed by atoms with Crippen molar-refractivity contribution in [2.45, 2.75) is 38.6 Å². The van der Waals surface area contributed by atoms with Crippen molar-refractivity contribution >= 4 is 17.3 Å². The fraction of sp³-hybridized carbons (Fsp3) is 0.562. The summed E-state index contributed by atoms with van der Waals surface area (Å²) in [4.78, 5) is 16.5. The minimum absolute atomic E-state index is 0.148. The molecule has 1 aromatic rings. The Kier molecular flexibility index (Phi) is 5.01. The lowest BCUT2D eigenvalue weighted by atomic mass is 10.00. The first-order valence-corrected chi connectivity index (χ1v) is 7.48. The molecule has 1 aliphatic rings. The van der Waals surface area contributed by atoms with Gasteiger partial charge in [0.15, 0.2) is 0 Å². The highest BCUT2D eigenvalue weighted by Gasteiger charge is 2.24. The van der Waals surface area contributed by atoms with Gasteiger partial charge in [-0.25, -0.2) is 0 Å². The number of benzene rings is 1. The predicted molar refractivity (Wildman–Crippen MR) is 83.8 cm³/mol. The van der Waals surface area contributed by atoms with Crippen LogP contribution in [0.25, 0.3) is 0 Å². The summed E-state index contributed by atoms with van der Waals surface area (Å²) in [6.07, 6.45) is 4.83. The van der Waals surface area contributed by atoms with Gasteiger partial charge in [0.25, 0.3) is 0 Å². The molecule has 4 nitrogen and oxygen atoms in total. The lowest BCUT2D eigenvalue weighted by Crippen LogP contribution is -2.45. The Labute approximate surface area is 121 Å². The summed E-state index contributed by atoms with van der Waals surface area (Å²) in [6, 6.07) is 8.00. The molecule has 0 saturated carbocycles. The highest BCUT2D eigenvalue weighted by atomic mass is 16.2. The number of likely N-dealkylation sites (N-methyl/N-ethyl adjacent to an activating group) is 1. The number of nitrogen functional groups attached to an aromatic ring is 1. The Hall–Kier alpha value is -1.55. The summed E-state index contributed by atoms with van der Waals surface area (Å²) in [5.74, 6) is 0.148. The van der Waals surface area contributed by atoms with Crippen molar-refractivity contribution in [1.82, 2.24) is 4.90 Å². The molecule has 1 unspecified atom stereocenters. The first-order chi connectivity index (χ1) is 9.61. The van der Waals surface area contributed by atoms with Crippen LogP contribution in [0.4, 0.5) is 11.4 Å². The van der Waals surface area contributed by atoms with Gasteiger partial charge >= 0.3 is 0 Å². The van der Waals surface area contributed by atoms with Crippen molar-refractivity contribution < 1.29 is 4.79 Å². The van der Waals surface area contributed by atoms with E-state index >= 15 is 0 Å². The van der Waals surface area contributed by atoms with Crippen LogP contribution in [0.2, 0.25) is 0 Å². The SMILES string of the molecule is CCC1CCCCN1CC(=O)N(C)c1ccc(N)cc1. The number of nitrogens with two attached hydrogens (primary N) is 1. The minimum Gasteiger partial charge on any atom is -0.399 e. The average Bonchev–Trinajstić information content (AvgIpc) is 2.48. The van der Waals surface area contributed by atoms with Crippen molar-refractivity contribution in [2.24, 2.45) is 0 Å². The molecule has 20 heavy (non-hydrogen) atoms. The highest BCUT2D eigenvalue weighted by molar-refractivity contribution is 5.94. The zero-order chi connectivity index (χ0) is 14.5. The third kappa shape index (κ3) is 3.51. The number of carbonyl (C=O) groups is 1. The maximum absolute atomic E-state index is 12.4. The fourth-order valence-corrected chi connectivity index (χ4v) is 2.85. The summed E-state index contributed by atoms with van der Waals surface area (Å²) in [5, 5.41) is 0. The zero-order valence-corrected chi connectivity index (χ0v) is 12.5. The molecule has 1 atom stereocenters. The number of hydrogen-bond donors (Lipinski definition) is 1. The van der Waals surface area contributed by atoms with E-state index in [1.54, 1.807) is 4.90 Å². The van der Waals surface area contributed by atoms with E-state index in [4.69, 9.17) is 5.73 Å². The van der Waals surface area contributed by atoms with Crippen molar-refractivity contribution in [1.29, 1.82) is 0 Å². The topological polar surface area (TPSA) is 49.6 Å². The first-order valence-electron chi connectivity index (χ1n) is 7.48. The third-order valence-electron chi connectivity index (χ3n) is 4.21. The quantitative estimate of drug-likeness (QED) is 0.859. The number of carbonyl (C=O) groups excluding carboxylic acids is 1. The van der Waals surface area contributed by atoms with E-state index < -0.39 is 0 Å². The Morgan fingerprint density at radius 2 is 2.05 bits per heavy atom. The Morgan fingerprint density at radius 3 is 2.70 bits per heavy atom. The molecule has 1 aromatic carbocycles. The van der Waals surface area contributed by atoms with Crippen LogP contribution < -0.4 is 10.6 Å². The van der Waals surface area contributed by atoms with Gasteiger partial charge in [0.05, 0.1) is 6.54 Å². The summed E-state index contributed by atoms with van der Waals surface area (Å²) < 4.78 is 0. The standard InChI is InChI=1S/C16H25N3O/c1-3-14-6-4-5-11-19(14)12-16(20)18(2)15-9-7-13(17)8-10-15/h7-10,14H,3-6,11-12,17H2,1-2H3. The fourth-order valence-electron chi connectivity index (χ4n) is 2.85. The number of nitrogens with zero attached hydrogens (tertiary/aromatic N) is 2. The van der Waals surface area contributed by atoms with Gasteiger partial charge in [-0.3, -0.25) is 9.69 Å². The summed E-state index contributed by atoms with van der Waals surface area (Å²) >= 11 is 0. The number of hydrogen-bond acceptors (Lipinski definition) is 3. The van der Waals surface area contributed by atoms with Gasteiger partial charge < -0.3 is 10.6 Å². The van der Waals surface area contributed by atoms with Crippen LogP contribution in [0.15, 0.2) is 24.3 Å². The Bertz CT molecular complexity index is 444. The van der Waals surface area contributed by atoms with Crippen LogP contribution >= 0.6 is 0 Å². The van der Waals surface area contributed by atoms with Crippen molar-refractivity contribution in [3.8, 4) is 0 Å². The first kappa shape index (κ1) is 14.9. The van der Waals surface area contributed by atoms with Gasteiger partial charge in [0, 0.05) is 24.5 Å². The predicted octanol–water partition coefficient (Wildman–Crippen LogP) is 2.50.